The molecular formula is C46H54F2N12O3S. The van der Waals surface area contributed by atoms with Gasteiger partial charge >= 0.3 is 0 Å². The zero-order valence-corrected chi connectivity index (χ0v) is 37.6. The number of amides is 3. The van der Waals surface area contributed by atoms with Crippen LogP contribution >= 0.6 is 11.3 Å². The van der Waals surface area contributed by atoms with E-state index in [1.807, 2.05) is 45.3 Å². The lowest BCUT2D eigenvalue weighted by molar-refractivity contribution is -0.122. The predicted molar refractivity (Wildman–Crippen MR) is 247 cm³/mol. The number of benzene rings is 2. The molecule has 0 unspecified atom stereocenters. The Labute approximate surface area is 375 Å². The maximum absolute atomic E-state index is 15.1. The zero-order valence-electron chi connectivity index (χ0n) is 36.8. The maximum atomic E-state index is 15.1. The summed E-state index contributed by atoms with van der Waals surface area (Å²) in [5.74, 6) is -0.427. The van der Waals surface area contributed by atoms with E-state index in [-0.39, 0.29) is 46.5 Å². The molecule has 5 heterocycles. The van der Waals surface area contributed by atoms with Crippen molar-refractivity contribution < 1.29 is 23.2 Å². The van der Waals surface area contributed by atoms with Gasteiger partial charge in [-0.1, -0.05) is 31.4 Å². The molecule has 4 aromatic heterocycles. The van der Waals surface area contributed by atoms with Gasteiger partial charge in [0.15, 0.2) is 16.8 Å². The van der Waals surface area contributed by atoms with Gasteiger partial charge in [0.1, 0.15) is 22.9 Å². The highest BCUT2D eigenvalue weighted by Crippen LogP contribution is 2.31. The summed E-state index contributed by atoms with van der Waals surface area (Å²) < 4.78 is 32.1. The van der Waals surface area contributed by atoms with Gasteiger partial charge in [0.25, 0.3) is 5.91 Å². The van der Waals surface area contributed by atoms with Crippen molar-refractivity contribution in [2.45, 2.75) is 79.2 Å². The lowest BCUT2D eigenvalue weighted by Gasteiger charge is -2.35. The van der Waals surface area contributed by atoms with Gasteiger partial charge in [0.05, 0.1) is 47.1 Å². The molecule has 0 saturated carbocycles. The Hall–Kier alpha value is -6.40. The number of aryl methyl sites for hydroxylation is 3. The number of para-hydroxylation sites is 1. The van der Waals surface area contributed by atoms with Crippen molar-refractivity contribution in [3.63, 3.8) is 0 Å². The highest BCUT2D eigenvalue weighted by Gasteiger charge is 2.22. The highest BCUT2D eigenvalue weighted by molar-refractivity contribution is 7.15. The van der Waals surface area contributed by atoms with Crippen molar-refractivity contribution in [1.82, 2.24) is 39.7 Å². The summed E-state index contributed by atoms with van der Waals surface area (Å²) in [5, 5.41) is 12.3. The Bertz CT molecular complexity index is 2590. The number of hydrogen-bond acceptors (Lipinski definition) is 12. The van der Waals surface area contributed by atoms with Crippen LogP contribution in [0.3, 0.4) is 0 Å². The summed E-state index contributed by atoms with van der Waals surface area (Å²) in [5.41, 5.74) is 3.70. The van der Waals surface area contributed by atoms with Gasteiger partial charge in [-0.25, -0.2) is 33.7 Å². The summed E-state index contributed by atoms with van der Waals surface area (Å²) >= 11 is 1.41. The molecule has 6 aromatic rings. The number of halogens is 2. The van der Waals surface area contributed by atoms with Crippen LogP contribution in [0, 0.1) is 32.4 Å². The predicted octanol–water partition coefficient (Wildman–Crippen LogP) is 8.34. The van der Waals surface area contributed by atoms with Gasteiger partial charge in [0.2, 0.25) is 17.8 Å². The van der Waals surface area contributed by atoms with Crippen LogP contribution in [0.25, 0.3) is 22.3 Å². The Morgan fingerprint density at radius 2 is 1.58 bits per heavy atom. The summed E-state index contributed by atoms with van der Waals surface area (Å²) in [7, 11) is 0. The third kappa shape index (κ3) is 11.4. The fourth-order valence-corrected chi connectivity index (χ4v) is 8.54. The number of carbonyl (C=O) groups excluding carboxylic acids is 3. The average molecular weight is 893 g/mol. The van der Waals surface area contributed by atoms with E-state index in [1.165, 1.54) is 17.4 Å². The summed E-state index contributed by atoms with van der Waals surface area (Å²) in [6, 6.07) is 13.7. The Balaban J connectivity index is 0.775. The van der Waals surface area contributed by atoms with E-state index in [4.69, 9.17) is 0 Å². The van der Waals surface area contributed by atoms with Crippen LogP contribution in [-0.2, 0) is 9.59 Å². The molecule has 336 valence electrons. The molecule has 3 amide bonds. The molecule has 1 saturated heterocycles. The number of carbonyl (C=O) groups is 3. The molecule has 1 aliphatic heterocycles. The molecular weight excluding hydrogens is 839 g/mol. The molecule has 18 heteroatoms. The van der Waals surface area contributed by atoms with Crippen molar-refractivity contribution in [1.29, 1.82) is 0 Å². The van der Waals surface area contributed by atoms with Gasteiger partial charge in [0, 0.05) is 55.6 Å². The zero-order chi connectivity index (χ0) is 45.3. The third-order valence-electron chi connectivity index (χ3n) is 11.1. The minimum atomic E-state index is -0.678. The van der Waals surface area contributed by atoms with Gasteiger partial charge in [-0.05, 0) is 83.9 Å². The van der Waals surface area contributed by atoms with Crippen molar-refractivity contribution in [3.05, 3.63) is 94.5 Å². The van der Waals surface area contributed by atoms with E-state index in [0.717, 1.165) is 80.7 Å². The van der Waals surface area contributed by atoms with E-state index >= 15 is 8.78 Å². The fraction of sp³-hybridized carbons (Fsp3) is 0.391. The molecule has 15 nitrogen and oxygen atoms in total. The minimum Gasteiger partial charge on any atom is -0.368 e. The van der Waals surface area contributed by atoms with Crippen LogP contribution < -0.4 is 26.2 Å². The SMILES string of the molecule is Cc1nc(NC(=O)c2ccccc2NC(=O)CCCCCCCNC(=O)CN2CCN(c3ccc(Nc4ncc(F)c(-c5cc(F)c6nc(C)n(C(C)C)c6c5)n4)nc3)CC2)sc1C. The first-order valence-corrected chi connectivity index (χ1v) is 22.5. The van der Waals surface area contributed by atoms with E-state index in [2.05, 4.69) is 56.0 Å². The van der Waals surface area contributed by atoms with Crippen LogP contribution in [0.2, 0.25) is 0 Å². The fourth-order valence-electron chi connectivity index (χ4n) is 7.73. The van der Waals surface area contributed by atoms with E-state index in [9.17, 15) is 14.4 Å². The molecule has 4 N–H and O–H groups in total. The monoisotopic (exact) mass is 892 g/mol. The number of imidazole rings is 1. The number of nitrogens with one attached hydrogen (secondary N) is 4. The largest absolute Gasteiger partial charge is 0.368 e. The van der Waals surface area contributed by atoms with Crippen LogP contribution in [-0.4, -0.2) is 91.4 Å². The van der Waals surface area contributed by atoms with Crippen LogP contribution in [0.4, 0.5) is 37.1 Å². The third-order valence-corrected chi connectivity index (χ3v) is 12.1. The van der Waals surface area contributed by atoms with Gasteiger partial charge in [-0.3, -0.25) is 24.6 Å². The molecule has 0 radical (unpaired) electrons. The molecule has 7 rings (SSSR count). The second-order valence-corrected chi connectivity index (χ2v) is 17.4. The number of nitrogens with zero attached hydrogens (tertiary/aromatic N) is 8. The number of unbranched alkanes of at least 4 members (excludes halogenated alkanes) is 4. The van der Waals surface area contributed by atoms with Crippen molar-refractivity contribution in [2.75, 3.05) is 60.1 Å². The summed E-state index contributed by atoms with van der Waals surface area (Å²) in [6.07, 6.45) is 7.54. The molecule has 0 spiro atoms. The Morgan fingerprint density at radius 1 is 0.812 bits per heavy atom. The first-order chi connectivity index (χ1) is 30.8. The number of piperazine rings is 1. The Morgan fingerprint density at radius 3 is 2.31 bits per heavy atom. The smallest absolute Gasteiger partial charge is 0.259 e. The first kappa shape index (κ1) is 45.6. The molecule has 1 aliphatic rings. The number of aromatic nitrogens is 6. The average Bonchev–Trinajstić information content (AvgIpc) is 3.79. The van der Waals surface area contributed by atoms with E-state index < -0.39 is 11.6 Å². The quantitative estimate of drug-likeness (QED) is 0.0611. The van der Waals surface area contributed by atoms with Crippen molar-refractivity contribution in [2.24, 2.45) is 0 Å². The highest BCUT2D eigenvalue weighted by atomic mass is 32.1. The van der Waals surface area contributed by atoms with E-state index in [1.54, 1.807) is 42.6 Å². The standard InChI is InChI=1S/C46H54F2N12O3S/c1-28(2)60-31(5)53-43-35(47)23-32(24-38(43)60)42-36(48)26-51-45(56-42)55-39-17-16-33(25-50-39)59-21-19-58(20-22-59)27-41(62)49-18-12-8-6-7-9-15-40(61)54-37-14-11-10-13-34(37)44(63)57-46-52-29(3)30(4)64-46/h10-11,13-14,16-17,23-26,28H,6-9,12,15,18-22,27H2,1-5H3,(H,49,62)(H,54,61)(H,52,57,63)(H,50,51,55,56). The lowest BCUT2D eigenvalue weighted by Crippen LogP contribution is -2.49. The number of thiazole rings is 1. The van der Waals surface area contributed by atoms with Crippen LogP contribution in [0.15, 0.2) is 60.9 Å². The topological polar surface area (TPSA) is 175 Å². The number of fused-ring (bicyclic) bond motifs is 1. The molecule has 0 bridgehead atoms. The molecule has 0 atom stereocenters. The van der Waals surface area contributed by atoms with Crippen molar-refractivity contribution >= 4 is 68.4 Å². The number of pyridine rings is 1. The van der Waals surface area contributed by atoms with Gasteiger partial charge in [-0.2, -0.15) is 0 Å². The summed E-state index contributed by atoms with van der Waals surface area (Å²) in [6.45, 7) is 13.5. The molecule has 2 aromatic carbocycles. The maximum Gasteiger partial charge on any atom is 0.259 e. The number of hydrogen-bond donors (Lipinski definition) is 4. The Kier molecular flexibility index (Phi) is 14.9. The van der Waals surface area contributed by atoms with Gasteiger partial charge in [-0.15, -0.1) is 11.3 Å². The molecule has 0 aliphatic carbocycles. The van der Waals surface area contributed by atoms with Crippen molar-refractivity contribution in [3.8, 4) is 11.3 Å². The molecule has 64 heavy (non-hydrogen) atoms. The normalized spacial score (nSPS) is 13.1. The van der Waals surface area contributed by atoms with Crippen LogP contribution in [0.1, 0.15) is 85.2 Å². The molecule has 1 fully saturated rings. The second-order valence-electron chi connectivity index (χ2n) is 16.2. The van der Waals surface area contributed by atoms with Gasteiger partial charge < -0.3 is 25.4 Å². The van der Waals surface area contributed by atoms with E-state index in [0.29, 0.717) is 53.1 Å². The minimum absolute atomic E-state index is 0.00202. The first-order valence-electron chi connectivity index (χ1n) is 21.6. The summed E-state index contributed by atoms with van der Waals surface area (Å²) in [4.78, 5) is 65.4. The second kappa shape index (κ2) is 20.9. The lowest BCUT2D eigenvalue weighted by atomic mass is 10.1. The van der Waals surface area contributed by atoms with Crippen LogP contribution in [0.5, 0.6) is 0 Å². The number of anilines is 5. The number of rotatable bonds is 18.